The van der Waals surface area contributed by atoms with Gasteiger partial charge >= 0.3 is 0 Å². The van der Waals surface area contributed by atoms with Crippen LogP contribution < -0.4 is 4.90 Å². The van der Waals surface area contributed by atoms with Crippen molar-refractivity contribution in [3.05, 3.63) is 28.2 Å². The van der Waals surface area contributed by atoms with E-state index in [1.165, 1.54) is 0 Å². The molecule has 1 heterocycles. The molecule has 0 spiro atoms. The Balaban J connectivity index is 2.29. The van der Waals surface area contributed by atoms with Crippen LogP contribution in [0.5, 0.6) is 0 Å². The number of rotatable bonds is 2. The second-order valence-corrected chi connectivity index (χ2v) is 5.40. The number of benzene rings is 1. The number of morpholine rings is 1. The summed E-state index contributed by atoms with van der Waals surface area (Å²) in [6.07, 6.45) is 1.30. The minimum Gasteiger partial charge on any atom is -0.372 e. The predicted molar refractivity (Wildman–Crippen MR) is 71.8 cm³/mol. The maximum absolute atomic E-state index is 11.1. The lowest BCUT2D eigenvalue weighted by atomic mass is 10.1. The van der Waals surface area contributed by atoms with Crippen molar-refractivity contribution in [1.82, 2.24) is 0 Å². The van der Waals surface area contributed by atoms with Crippen LogP contribution >= 0.6 is 15.9 Å². The number of anilines is 1. The van der Waals surface area contributed by atoms with Gasteiger partial charge in [-0.05, 0) is 32.0 Å². The van der Waals surface area contributed by atoms with Gasteiger partial charge in [0.25, 0.3) is 0 Å². The van der Waals surface area contributed by atoms with E-state index in [4.69, 9.17) is 4.74 Å². The van der Waals surface area contributed by atoms with Crippen molar-refractivity contribution in [2.45, 2.75) is 26.1 Å². The summed E-state index contributed by atoms with van der Waals surface area (Å²) in [5.74, 6) is 0. The Morgan fingerprint density at radius 3 is 2.59 bits per heavy atom. The van der Waals surface area contributed by atoms with E-state index < -0.39 is 0 Å². The maximum atomic E-state index is 11.1. The van der Waals surface area contributed by atoms with E-state index in [0.29, 0.717) is 0 Å². The largest absolute Gasteiger partial charge is 0.372 e. The fourth-order valence-electron chi connectivity index (χ4n) is 2.28. The number of halogens is 1. The fourth-order valence-corrected chi connectivity index (χ4v) is 2.66. The number of carbonyl (C=O) groups excluding carboxylic acids is 1. The number of carbonyl (C=O) groups is 1. The van der Waals surface area contributed by atoms with Crippen molar-refractivity contribution in [3.8, 4) is 0 Å². The number of ether oxygens (including phenoxy) is 1. The molecule has 17 heavy (non-hydrogen) atoms. The quantitative estimate of drug-likeness (QED) is 0.786. The first kappa shape index (κ1) is 12.6. The van der Waals surface area contributed by atoms with E-state index in [9.17, 15) is 4.79 Å². The third-order valence-corrected chi connectivity index (χ3v) is 3.37. The fraction of sp³-hybridized carbons (Fsp3) is 0.462. The molecule has 0 aromatic heterocycles. The summed E-state index contributed by atoms with van der Waals surface area (Å²) in [5.41, 5.74) is 1.71. The number of hydrogen-bond donors (Lipinski definition) is 0. The highest BCUT2D eigenvalue weighted by atomic mass is 79.9. The zero-order valence-electron chi connectivity index (χ0n) is 10.0. The lowest BCUT2D eigenvalue weighted by Gasteiger charge is -2.37. The van der Waals surface area contributed by atoms with Gasteiger partial charge in [-0.3, -0.25) is 4.79 Å². The first-order valence-electron chi connectivity index (χ1n) is 5.75. The van der Waals surface area contributed by atoms with Crippen molar-refractivity contribution in [2.24, 2.45) is 0 Å². The Morgan fingerprint density at radius 2 is 2.00 bits per heavy atom. The molecule has 2 rings (SSSR count). The van der Waals surface area contributed by atoms with Gasteiger partial charge in [-0.1, -0.05) is 15.9 Å². The van der Waals surface area contributed by atoms with Crippen LogP contribution in [0, 0.1) is 0 Å². The summed E-state index contributed by atoms with van der Waals surface area (Å²) in [6.45, 7) is 5.77. The minimum atomic E-state index is 0.196. The molecule has 1 fully saturated rings. The molecule has 0 saturated carbocycles. The Kier molecular flexibility index (Phi) is 3.84. The Morgan fingerprint density at radius 1 is 1.35 bits per heavy atom. The summed E-state index contributed by atoms with van der Waals surface area (Å²) in [5, 5.41) is 0. The van der Waals surface area contributed by atoms with Crippen molar-refractivity contribution in [2.75, 3.05) is 18.0 Å². The average Bonchev–Trinajstić information content (AvgIpc) is 2.27. The number of hydrogen-bond acceptors (Lipinski definition) is 3. The van der Waals surface area contributed by atoms with Gasteiger partial charge in [0.1, 0.15) is 0 Å². The highest BCUT2D eigenvalue weighted by molar-refractivity contribution is 9.10. The topological polar surface area (TPSA) is 29.5 Å². The molecular weight excluding hydrogens is 282 g/mol. The van der Waals surface area contributed by atoms with Gasteiger partial charge < -0.3 is 9.64 Å². The van der Waals surface area contributed by atoms with Gasteiger partial charge in [-0.15, -0.1) is 0 Å². The van der Waals surface area contributed by atoms with Crippen LogP contribution in [0.3, 0.4) is 0 Å². The van der Waals surface area contributed by atoms with Crippen molar-refractivity contribution >= 4 is 27.9 Å². The molecule has 2 atom stereocenters. The van der Waals surface area contributed by atoms with E-state index in [1.54, 1.807) is 0 Å². The standard InChI is InChI=1S/C13H16BrNO2/c1-9-6-15(7-10(2)17-9)13-4-3-12(14)5-11(13)8-16/h3-5,8-10H,6-7H2,1-2H3/t9-,10-/m0/s1. The zero-order valence-corrected chi connectivity index (χ0v) is 11.6. The monoisotopic (exact) mass is 297 g/mol. The van der Waals surface area contributed by atoms with Crippen LogP contribution in [0.15, 0.2) is 22.7 Å². The second-order valence-electron chi connectivity index (χ2n) is 4.48. The van der Waals surface area contributed by atoms with E-state index in [1.807, 2.05) is 18.2 Å². The van der Waals surface area contributed by atoms with Gasteiger partial charge in [0, 0.05) is 28.8 Å². The smallest absolute Gasteiger partial charge is 0.152 e. The summed E-state index contributed by atoms with van der Waals surface area (Å²) < 4.78 is 6.62. The van der Waals surface area contributed by atoms with E-state index in [2.05, 4.69) is 34.7 Å². The number of aldehydes is 1. The summed E-state index contributed by atoms with van der Waals surface area (Å²) >= 11 is 3.38. The Bertz CT molecular complexity index is 412. The summed E-state index contributed by atoms with van der Waals surface area (Å²) in [7, 11) is 0. The molecule has 0 unspecified atom stereocenters. The average molecular weight is 298 g/mol. The Hall–Kier alpha value is -0.870. The molecule has 1 aromatic rings. The van der Waals surface area contributed by atoms with Crippen molar-refractivity contribution in [3.63, 3.8) is 0 Å². The van der Waals surface area contributed by atoms with Gasteiger partial charge in [-0.2, -0.15) is 0 Å². The van der Waals surface area contributed by atoms with Crippen molar-refractivity contribution < 1.29 is 9.53 Å². The molecule has 1 aromatic carbocycles. The number of nitrogens with zero attached hydrogens (tertiary/aromatic N) is 1. The summed E-state index contributed by atoms with van der Waals surface area (Å²) in [4.78, 5) is 13.3. The van der Waals surface area contributed by atoms with Gasteiger partial charge in [-0.25, -0.2) is 0 Å². The third-order valence-electron chi connectivity index (χ3n) is 2.88. The van der Waals surface area contributed by atoms with Gasteiger partial charge in [0.15, 0.2) is 6.29 Å². The first-order valence-corrected chi connectivity index (χ1v) is 6.54. The van der Waals surface area contributed by atoms with Crippen LogP contribution in [-0.2, 0) is 4.74 Å². The normalized spacial score (nSPS) is 24.8. The molecule has 3 nitrogen and oxygen atoms in total. The van der Waals surface area contributed by atoms with Crippen LogP contribution in [0.2, 0.25) is 0 Å². The molecule has 0 aliphatic carbocycles. The predicted octanol–water partition coefficient (Wildman–Crippen LogP) is 2.88. The molecule has 0 bridgehead atoms. The van der Waals surface area contributed by atoms with Crippen molar-refractivity contribution in [1.29, 1.82) is 0 Å². The zero-order chi connectivity index (χ0) is 12.4. The molecule has 1 aliphatic heterocycles. The van der Waals surface area contributed by atoms with E-state index in [-0.39, 0.29) is 12.2 Å². The van der Waals surface area contributed by atoms with Gasteiger partial charge in [0.2, 0.25) is 0 Å². The molecule has 1 aliphatic rings. The lowest BCUT2D eigenvalue weighted by Crippen LogP contribution is -2.45. The molecule has 0 N–H and O–H groups in total. The third kappa shape index (κ3) is 2.87. The van der Waals surface area contributed by atoms with E-state index >= 15 is 0 Å². The van der Waals surface area contributed by atoms with Crippen LogP contribution in [-0.4, -0.2) is 31.6 Å². The minimum absolute atomic E-state index is 0.196. The first-order chi connectivity index (χ1) is 8.10. The van der Waals surface area contributed by atoms with Gasteiger partial charge in [0.05, 0.1) is 12.2 Å². The highest BCUT2D eigenvalue weighted by Crippen LogP contribution is 2.26. The molecule has 0 amide bonds. The second kappa shape index (κ2) is 5.19. The molecule has 0 radical (unpaired) electrons. The van der Waals surface area contributed by atoms with Crippen LogP contribution in [0.4, 0.5) is 5.69 Å². The van der Waals surface area contributed by atoms with Crippen LogP contribution in [0.1, 0.15) is 24.2 Å². The van der Waals surface area contributed by atoms with Crippen LogP contribution in [0.25, 0.3) is 0 Å². The molecule has 4 heteroatoms. The van der Waals surface area contributed by atoms with E-state index in [0.717, 1.165) is 35.1 Å². The lowest BCUT2D eigenvalue weighted by molar-refractivity contribution is -0.00525. The summed E-state index contributed by atoms with van der Waals surface area (Å²) in [6, 6.07) is 5.80. The molecule has 1 saturated heterocycles. The highest BCUT2D eigenvalue weighted by Gasteiger charge is 2.23. The Labute approximate surface area is 110 Å². The maximum Gasteiger partial charge on any atom is 0.152 e. The molecular formula is C13H16BrNO2. The SMILES string of the molecule is C[C@H]1CN(c2ccc(Br)cc2C=O)C[C@H](C)O1. The molecule has 92 valence electrons.